The first-order chi connectivity index (χ1) is 8.20. The van der Waals surface area contributed by atoms with Gasteiger partial charge in [-0.05, 0) is 28.7 Å². The third-order valence-electron chi connectivity index (χ3n) is 2.49. The van der Waals surface area contributed by atoms with Crippen molar-refractivity contribution in [2.75, 3.05) is 0 Å². The summed E-state index contributed by atoms with van der Waals surface area (Å²) in [6.45, 7) is 0. The molecule has 0 bridgehead atoms. The molecule has 0 heterocycles. The lowest BCUT2D eigenvalue weighted by Gasteiger charge is -2.04. The number of halogens is 1. The molecule has 2 aromatic rings. The highest BCUT2D eigenvalue weighted by Gasteiger charge is 2.09. The minimum absolute atomic E-state index is 0.487. The number of hydrogen-bond acceptors (Lipinski definition) is 3. The van der Waals surface area contributed by atoms with E-state index >= 15 is 0 Å². The van der Waals surface area contributed by atoms with Crippen molar-refractivity contribution in [2.24, 2.45) is 0 Å². The quantitative estimate of drug-likeness (QED) is 0.662. The predicted octanol–water partition coefficient (Wildman–Crippen LogP) is 1.76. The monoisotopic (exact) mass is 340 g/mol. The van der Waals surface area contributed by atoms with Gasteiger partial charge in [0.25, 0.3) is 0 Å². The summed E-state index contributed by atoms with van der Waals surface area (Å²) in [5.41, 5.74) is 2.57. The van der Waals surface area contributed by atoms with Gasteiger partial charge in [-0.3, -0.25) is 0 Å². The average molecular weight is 340 g/mol. The van der Waals surface area contributed by atoms with Gasteiger partial charge < -0.3 is 13.1 Å². The topological polar surface area (TPSA) is 49.7 Å². The predicted molar refractivity (Wildman–Crippen MR) is 76.4 cm³/mol. The van der Waals surface area contributed by atoms with E-state index in [1.807, 2.05) is 59.4 Å². The van der Waals surface area contributed by atoms with Gasteiger partial charge >= 0.3 is 7.12 Å². The summed E-state index contributed by atoms with van der Waals surface area (Å²) in [5.74, 6) is 0.803. The van der Waals surface area contributed by atoms with Crippen molar-refractivity contribution in [3.63, 3.8) is 0 Å². The standard InChI is InChI=1S/C12H10BIO3/c14-17-12-7-3-10(4-8-12)9-1-5-11(6-2-9)13(15)16/h1-8,15-16H. The molecule has 0 saturated carbocycles. The van der Waals surface area contributed by atoms with Crippen LogP contribution < -0.4 is 8.53 Å². The molecule has 0 amide bonds. The smallest absolute Gasteiger partial charge is 0.428 e. The van der Waals surface area contributed by atoms with Crippen molar-refractivity contribution in [3.8, 4) is 16.9 Å². The average Bonchev–Trinajstić information content (AvgIpc) is 2.39. The molecule has 0 atom stereocenters. The normalized spacial score (nSPS) is 10.1. The molecule has 0 radical (unpaired) electrons. The lowest BCUT2D eigenvalue weighted by Crippen LogP contribution is -2.29. The molecule has 2 N–H and O–H groups in total. The van der Waals surface area contributed by atoms with Gasteiger partial charge in [-0.2, -0.15) is 0 Å². The van der Waals surface area contributed by atoms with Crippen LogP contribution in [-0.2, 0) is 0 Å². The largest absolute Gasteiger partial charge is 0.488 e. The second-order valence-corrected chi connectivity index (χ2v) is 4.04. The lowest BCUT2D eigenvalue weighted by molar-refractivity contribution is 0.426. The summed E-state index contributed by atoms with van der Waals surface area (Å²) in [6.07, 6.45) is 0. The van der Waals surface area contributed by atoms with Crippen LogP contribution >= 0.6 is 23.0 Å². The van der Waals surface area contributed by atoms with Crippen molar-refractivity contribution in [2.45, 2.75) is 0 Å². The van der Waals surface area contributed by atoms with Gasteiger partial charge in [0, 0.05) is 0 Å². The third-order valence-corrected chi connectivity index (χ3v) is 2.99. The molecule has 86 valence electrons. The highest BCUT2D eigenvalue weighted by Crippen LogP contribution is 2.22. The minimum Gasteiger partial charge on any atom is -0.428 e. The molecule has 0 fully saturated rings. The van der Waals surface area contributed by atoms with Gasteiger partial charge in [-0.15, -0.1) is 0 Å². The molecule has 2 rings (SSSR count). The number of hydrogen-bond donors (Lipinski definition) is 2. The summed E-state index contributed by atoms with van der Waals surface area (Å²) in [5, 5.41) is 18.0. The van der Waals surface area contributed by atoms with Crippen molar-refractivity contribution >= 4 is 35.6 Å². The molecule has 0 aliphatic rings. The zero-order valence-corrected chi connectivity index (χ0v) is 11.0. The Morgan fingerprint density at radius 2 is 1.29 bits per heavy atom. The van der Waals surface area contributed by atoms with Crippen LogP contribution in [0.3, 0.4) is 0 Å². The van der Waals surface area contributed by atoms with Crippen LogP contribution in [0.1, 0.15) is 0 Å². The maximum absolute atomic E-state index is 8.99. The molecule has 0 spiro atoms. The van der Waals surface area contributed by atoms with E-state index in [1.165, 1.54) is 0 Å². The van der Waals surface area contributed by atoms with Crippen LogP contribution in [-0.4, -0.2) is 17.2 Å². The van der Waals surface area contributed by atoms with Crippen LogP contribution in [0.2, 0.25) is 0 Å². The minimum atomic E-state index is -1.42. The van der Waals surface area contributed by atoms with Crippen LogP contribution in [0.5, 0.6) is 5.75 Å². The maximum Gasteiger partial charge on any atom is 0.488 e. The Hall–Kier alpha value is -1.05. The Morgan fingerprint density at radius 3 is 1.71 bits per heavy atom. The Labute approximate surface area is 114 Å². The molecule has 0 saturated heterocycles. The van der Waals surface area contributed by atoms with Crippen molar-refractivity contribution in [1.29, 1.82) is 0 Å². The molecule has 0 unspecified atom stereocenters. The second kappa shape index (κ2) is 5.53. The van der Waals surface area contributed by atoms with Crippen molar-refractivity contribution < 1.29 is 13.1 Å². The van der Waals surface area contributed by atoms with Gasteiger partial charge in [0.15, 0.2) is 23.0 Å². The third kappa shape index (κ3) is 2.99. The van der Waals surface area contributed by atoms with E-state index < -0.39 is 7.12 Å². The van der Waals surface area contributed by atoms with Crippen LogP contribution in [0.15, 0.2) is 48.5 Å². The van der Waals surface area contributed by atoms with E-state index in [0.717, 1.165) is 16.9 Å². The Kier molecular flexibility index (Phi) is 4.04. The fraction of sp³-hybridized carbons (Fsp3) is 0. The highest BCUT2D eigenvalue weighted by molar-refractivity contribution is 14.1. The summed E-state index contributed by atoms with van der Waals surface area (Å²) >= 11 is 1.84. The summed E-state index contributed by atoms with van der Waals surface area (Å²) < 4.78 is 5.06. The van der Waals surface area contributed by atoms with E-state index in [-0.39, 0.29) is 0 Å². The van der Waals surface area contributed by atoms with Crippen LogP contribution in [0, 0.1) is 0 Å². The Morgan fingerprint density at radius 1 is 0.824 bits per heavy atom. The van der Waals surface area contributed by atoms with E-state index in [1.54, 1.807) is 12.1 Å². The molecule has 0 aliphatic heterocycles. The maximum atomic E-state index is 8.99. The summed E-state index contributed by atoms with van der Waals surface area (Å²) in [7, 11) is -1.42. The zero-order chi connectivity index (χ0) is 12.3. The molecule has 3 nitrogen and oxygen atoms in total. The van der Waals surface area contributed by atoms with Crippen molar-refractivity contribution in [1.82, 2.24) is 0 Å². The SMILES string of the molecule is OB(O)c1ccc(-c2ccc(OI)cc2)cc1. The van der Waals surface area contributed by atoms with E-state index in [0.29, 0.717) is 5.46 Å². The molecule has 2 aromatic carbocycles. The van der Waals surface area contributed by atoms with Gasteiger partial charge in [0.1, 0.15) is 5.75 Å². The number of benzene rings is 2. The van der Waals surface area contributed by atoms with E-state index in [9.17, 15) is 0 Å². The molecular formula is C12H10BIO3. The molecule has 0 aliphatic carbocycles. The van der Waals surface area contributed by atoms with E-state index in [4.69, 9.17) is 13.1 Å². The van der Waals surface area contributed by atoms with Gasteiger partial charge in [-0.25, -0.2) is 0 Å². The summed E-state index contributed by atoms with van der Waals surface area (Å²) in [6, 6.07) is 14.8. The van der Waals surface area contributed by atoms with Gasteiger partial charge in [0.05, 0.1) is 0 Å². The van der Waals surface area contributed by atoms with Gasteiger partial charge in [0.2, 0.25) is 0 Å². The van der Waals surface area contributed by atoms with Crippen molar-refractivity contribution in [3.05, 3.63) is 48.5 Å². The van der Waals surface area contributed by atoms with Crippen LogP contribution in [0.25, 0.3) is 11.1 Å². The van der Waals surface area contributed by atoms with Gasteiger partial charge in [-0.1, -0.05) is 36.4 Å². The molecular weight excluding hydrogens is 330 g/mol. The fourth-order valence-corrected chi connectivity index (χ4v) is 1.84. The van der Waals surface area contributed by atoms with Crippen LogP contribution in [0.4, 0.5) is 0 Å². The first-order valence-corrected chi connectivity index (χ1v) is 5.94. The Bertz CT molecular complexity index is 482. The second-order valence-electron chi connectivity index (χ2n) is 3.60. The summed E-state index contributed by atoms with van der Waals surface area (Å²) in [4.78, 5) is 0. The highest BCUT2D eigenvalue weighted by atomic mass is 127. The first-order valence-electron chi connectivity index (χ1n) is 5.06. The Balaban J connectivity index is 2.26. The zero-order valence-electron chi connectivity index (χ0n) is 8.88. The molecule has 0 aromatic heterocycles. The first kappa shape index (κ1) is 12.4. The van der Waals surface area contributed by atoms with E-state index in [2.05, 4.69) is 0 Å². The lowest BCUT2D eigenvalue weighted by atomic mass is 9.80. The molecule has 5 heteroatoms. The fourth-order valence-electron chi connectivity index (χ4n) is 1.55. The number of rotatable bonds is 3. The molecule has 17 heavy (non-hydrogen) atoms.